The molecule has 5 nitrogen and oxygen atoms in total. The third kappa shape index (κ3) is 5.79. The Hall–Kier alpha value is -3.19. The molecule has 0 bridgehead atoms. The normalized spacial score (nSPS) is 10.8. The highest BCUT2D eigenvalue weighted by molar-refractivity contribution is 7.14. The Bertz CT molecular complexity index is 1240. The minimum Gasteiger partial charge on any atom is -0.348 e. The minimum atomic E-state index is -0.0997. The van der Waals surface area contributed by atoms with Gasteiger partial charge in [0.05, 0.1) is 5.69 Å². The number of amides is 1. The molecule has 3 N–H and O–H groups in total. The molecule has 0 aliphatic heterocycles. The van der Waals surface area contributed by atoms with E-state index in [0.29, 0.717) is 30.2 Å². The molecule has 33 heavy (non-hydrogen) atoms. The van der Waals surface area contributed by atoms with Gasteiger partial charge in [-0.05, 0) is 34.9 Å². The summed E-state index contributed by atoms with van der Waals surface area (Å²) in [6.07, 6.45) is 0. The summed E-state index contributed by atoms with van der Waals surface area (Å²) in [5.74, 6) is -0.0997. The molecular formula is C26H25ClN4OS. The zero-order valence-corrected chi connectivity index (χ0v) is 19.9. The number of benzene rings is 3. The smallest absolute Gasteiger partial charge is 0.251 e. The lowest BCUT2D eigenvalue weighted by atomic mass is 10.1. The lowest BCUT2D eigenvalue weighted by Gasteiger charge is -2.16. The third-order valence-corrected chi connectivity index (χ3v) is 6.57. The molecule has 0 spiro atoms. The van der Waals surface area contributed by atoms with Crippen LogP contribution in [0.3, 0.4) is 0 Å². The van der Waals surface area contributed by atoms with Gasteiger partial charge in [0.2, 0.25) is 0 Å². The second-order valence-electron chi connectivity index (χ2n) is 7.75. The Kier molecular flexibility index (Phi) is 7.40. The van der Waals surface area contributed by atoms with Crippen LogP contribution in [0.4, 0.5) is 5.13 Å². The maximum Gasteiger partial charge on any atom is 0.251 e. The number of aromatic nitrogens is 1. The van der Waals surface area contributed by atoms with E-state index in [1.807, 2.05) is 85.2 Å². The molecular weight excluding hydrogens is 452 g/mol. The highest BCUT2D eigenvalue weighted by atomic mass is 35.5. The second kappa shape index (κ2) is 10.6. The highest BCUT2D eigenvalue weighted by Gasteiger charge is 2.12. The van der Waals surface area contributed by atoms with Crippen molar-refractivity contribution in [1.29, 1.82) is 0 Å². The van der Waals surface area contributed by atoms with Crippen molar-refractivity contribution in [3.63, 3.8) is 0 Å². The number of halogens is 1. The SMILES string of the molecule is CN(Cc1ccc(C(=O)NCc2cccc(CN)c2)cc1)c1nc(-c2ccccc2Cl)cs1. The number of carbonyl (C=O) groups is 1. The first-order valence-electron chi connectivity index (χ1n) is 10.6. The van der Waals surface area contributed by atoms with Gasteiger partial charge in [-0.15, -0.1) is 11.3 Å². The van der Waals surface area contributed by atoms with Gasteiger partial charge in [-0.1, -0.05) is 66.2 Å². The van der Waals surface area contributed by atoms with Crippen molar-refractivity contribution in [1.82, 2.24) is 10.3 Å². The molecule has 168 valence electrons. The standard InChI is InChI=1S/C26H25ClN4OS/c1-31(26-30-24(17-33-26)22-7-2-3-8-23(22)27)16-18-9-11-21(12-10-18)25(32)29-15-20-6-4-5-19(13-20)14-28/h2-13,17H,14-16,28H2,1H3,(H,29,32). The Balaban J connectivity index is 1.35. The molecule has 7 heteroatoms. The van der Waals surface area contributed by atoms with Gasteiger partial charge in [0.25, 0.3) is 5.91 Å². The molecule has 0 unspecified atom stereocenters. The molecule has 3 aromatic carbocycles. The summed E-state index contributed by atoms with van der Waals surface area (Å²) in [6, 6.07) is 23.3. The van der Waals surface area contributed by atoms with Crippen LogP contribution in [0.1, 0.15) is 27.0 Å². The number of carbonyl (C=O) groups excluding carboxylic acids is 1. The Labute approximate surface area is 202 Å². The first-order valence-corrected chi connectivity index (χ1v) is 11.9. The molecule has 4 rings (SSSR count). The van der Waals surface area contributed by atoms with E-state index in [-0.39, 0.29) is 5.91 Å². The van der Waals surface area contributed by atoms with Crippen LogP contribution in [-0.4, -0.2) is 17.9 Å². The van der Waals surface area contributed by atoms with Crippen LogP contribution in [0.15, 0.2) is 78.2 Å². The van der Waals surface area contributed by atoms with E-state index >= 15 is 0 Å². The summed E-state index contributed by atoms with van der Waals surface area (Å²) >= 11 is 7.88. The Morgan fingerprint density at radius 1 is 1.03 bits per heavy atom. The van der Waals surface area contributed by atoms with Crippen molar-refractivity contribution in [2.45, 2.75) is 19.6 Å². The quantitative estimate of drug-likeness (QED) is 0.353. The molecule has 0 saturated carbocycles. The first kappa shape index (κ1) is 23.0. The summed E-state index contributed by atoms with van der Waals surface area (Å²) in [4.78, 5) is 19.4. The van der Waals surface area contributed by atoms with Crippen LogP contribution >= 0.6 is 22.9 Å². The van der Waals surface area contributed by atoms with Gasteiger partial charge in [-0.25, -0.2) is 4.98 Å². The molecule has 1 amide bonds. The predicted molar refractivity (Wildman–Crippen MR) is 137 cm³/mol. The number of thiazole rings is 1. The average Bonchev–Trinajstić information content (AvgIpc) is 3.34. The fourth-order valence-corrected chi connectivity index (χ4v) is 4.51. The molecule has 4 aromatic rings. The number of anilines is 1. The molecule has 0 aliphatic carbocycles. The van der Waals surface area contributed by atoms with Gasteiger partial charge in [0.15, 0.2) is 5.13 Å². The van der Waals surface area contributed by atoms with E-state index in [1.165, 1.54) is 0 Å². The minimum absolute atomic E-state index is 0.0997. The number of hydrogen-bond donors (Lipinski definition) is 2. The van der Waals surface area contributed by atoms with E-state index in [1.54, 1.807) is 11.3 Å². The molecule has 0 aliphatic rings. The van der Waals surface area contributed by atoms with Crippen molar-refractivity contribution < 1.29 is 4.79 Å². The van der Waals surface area contributed by atoms with Crippen LogP contribution in [0, 0.1) is 0 Å². The van der Waals surface area contributed by atoms with Gasteiger partial charge in [0.1, 0.15) is 0 Å². The predicted octanol–water partition coefficient (Wildman–Crippen LogP) is 5.49. The van der Waals surface area contributed by atoms with E-state index in [9.17, 15) is 4.79 Å². The van der Waals surface area contributed by atoms with Crippen molar-refractivity contribution >= 4 is 34.0 Å². The van der Waals surface area contributed by atoms with Crippen molar-refractivity contribution in [2.24, 2.45) is 5.73 Å². The first-order chi connectivity index (χ1) is 16.0. The van der Waals surface area contributed by atoms with E-state index in [2.05, 4.69) is 10.2 Å². The van der Waals surface area contributed by atoms with Crippen LogP contribution < -0.4 is 16.0 Å². The molecule has 0 fully saturated rings. The van der Waals surface area contributed by atoms with Gasteiger partial charge < -0.3 is 16.0 Å². The zero-order valence-electron chi connectivity index (χ0n) is 18.3. The number of rotatable bonds is 8. The average molecular weight is 477 g/mol. The highest BCUT2D eigenvalue weighted by Crippen LogP contribution is 2.31. The Morgan fingerprint density at radius 2 is 1.79 bits per heavy atom. The van der Waals surface area contributed by atoms with E-state index in [0.717, 1.165) is 33.1 Å². The molecule has 1 aromatic heterocycles. The monoisotopic (exact) mass is 476 g/mol. The molecule has 1 heterocycles. The summed E-state index contributed by atoms with van der Waals surface area (Å²) in [5, 5.41) is 6.59. The summed E-state index contributed by atoms with van der Waals surface area (Å²) in [7, 11) is 2.01. The van der Waals surface area contributed by atoms with E-state index < -0.39 is 0 Å². The zero-order chi connectivity index (χ0) is 23.2. The fourth-order valence-electron chi connectivity index (χ4n) is 3.49. The van der Waals surface area contributed by atoms with Crippen LogP contribution in [0.2, 0.25) is 5.02 Å². The molecule has 0 atom stereocenters. The van der Waals surface area contributed by atoms with Crippen molar-refractivity contribution in [3.8, 4) is 11.3 Å². The van der Waals surface area contributed by atoms with Crippen LogP contribution in [0.5, 0.6) is 0 Å². The number of nitrogens with zero attached hydrogens (tertiary/aromatic N) is 2. The maximum atomic E-state index is 12.5. The Morgan fingerprint density at radius 3 is 2.55 bits per heavy atom. The van der Waals surface area contributed by atoms with Crippen molar-refractivity contribution in [3.05, 3.63) is 105 Å². The van der Waals surface area contributed by atoms with E-state index in [4.69, 9.17) is 22.3 Å². The lowest BCUT2D eigenvalue weighted by molar-refractivity contribution is 0.0951. The lowest BCUT2D eigenvalue weighted by Crippen LogP contribution is -2.23. The fraction of sp³-hybridized carbons (Fsp3) is 0.154. The van der Waals surface area contributed by atoms with Gasteiger partial charge in [-0.2, -0.15) is 0 Å². The van der Waals surface area contributed by atoms with Crippen LogP contribution in [-0.2, 0) is 19.6 Å². The largest absolute Gasteiger partial charge is 0.348 e. The maximum absolute atomic E-state index is 12.5. The van der Waals surface area contributed by atoms with Crippen molar-refractivity contribution in [2.75, 3.05) is 11.9 Å². The summed E-state index contributed by atoms with van der Waals surface area (Å²) in [6.45, 7) is 1.64. The number of hydrogen-bond acceptors (Lipinski definition) is 5. The molecule has 0 saturated heterocycles. The van der Waals surface area contributed by atoms with Gasteiger partial charge in [-0.3, -0.25) is 4.79 Å². The van der Waals surface area contributed by atoms with Gasteiger partial charge >= 0.3 is 0 Å². The molecule has 0 radical (unpaired) electrons. The summed E-state index contributed by atoms with van der Waals surface area (Å²) in [5.41, 5.74) is 11.3. The second-order valence-corrected chi connectivity index (χ2v) is 9.00. The van der Waals surface area contributed by atoms with Gasteiger partial charge in [0, 0.05) is 48.2 Å². The van der Waals surface area contributed by atoms with Crippen LogP contribution in [0.25, 0.3) is 11.3 Å². The third-order valence-electron chi connectivity index (χ3n) is 5.28. The summed E-state index contributed by atoms with van der Waals surface area (Å²) < 4.78 is 0. The number of nitrogens with one attached hydrogen (secondary N) is 1. The number of nitrogens with two attached hydrogens (primary N) is 1. The topological polar surface area (TPSA) is 71.2 Å².